The molecule has 17 heavy (non-hydrogen) atoms. The molecule has 0 aliphatic heterocycles. The molecule has 0 bridgehead atoms. The number of hydrogen-bond acceptors (Lipinski definition) is 5. The Kier molecular flexibility index (Phi) is 4.26. The molecule has 0 saturated heterocycles. The average molecular weight is 240 g/mol. The van der Waals surface area contributed by atoms with E-state index in [9.17, 15) is 4.79 Å². The van der Waals surface area contributed by atoms with Gasteiger partial charge in [0.2, 0.25) is 5.89 Å². The lowest BCUT2D eigenvalue weighted by molar-refractivity contribution is -0.149. The van der Waals surface area contributed by atoms with Crippen LogP contribution in [0.1, 0.15) is 46.3 Å². The van der Waals surface area contributed by atoms with Gasteiger partial charge in [-0.25, -0.2) is 0 Å². The lowest BCUT2D eigenvalue weighted by atomic mass is 9.94. The highest BCUT2D eigenvalue weighted by atomic mass is 16.5. The van der Waals surface area contributed by atoms with Crippen LogP contribution in [-0.2, 0) is 21.4 Å². The molecule has 0 aliphatic carbocycles. The summed E-state index contributed by atoms with van der Waals surface area (Å²) in [6.07, 6.45) is 0.738. The van der Waals surface area contributed by atoms with Crippen LogP contribution >= 0.6 is 0 Å². The van der Waals surface area contributed by atoms with Crippen LogP contribution in [0.4, 0.5) is 0 Å². The van der Waals surface area contributed by atoms with Crippen molar-refractivity contribution >= 4 is 5.97 Å². The van der Waals surface area contributed by atoms with Crippen LogP contribution in [0.25, 0.3) is 0 Å². The molecule has 0 fully saturated rings. The second-order valence-corrected chi connectivity index (χ2v) is 4.96. The van der Waals surface area contributed by atoms with E-state index in [1.807, 2.05) is 0 Å². The number of carbonyl (C=O) groups excluding carboxylic acids is 1. The lowest BCUT2D eigenvalue weighted by Gasteiger charge is -2.17. The maximum Gasteiger partial charge on any atom is 0.321 e. The van der Waals surface area contributed by atoms with Crippen molar-refractivity contribution in [3.05, 3.63) is 11.7 Å². The maximum atomic E-state index is 11.7. The quantitative estimate of drug-likeness (QED) is 0.737. The van der Waals surface area contributed by atoms with E-state index in [-0.39, 0.29) is 5.97 Å². The van der Waals surface area contributed by atoms with E-state index >= 15 is 0 Å². The maximum absolute atomic E-state index is 11.7. The van der Waals surface area contributed by atoms with Gasteiger partial charge < -0.3 is 9.26 Å². The molecule has 0 saturated carbocycles. The van der Waals surface area contributed by atoms with Gasteiger partial charge >= 0.3 is 5.97 Å². The van der Waals surface area contributed by atoms with E-state index in [2.05, 4.69) is 24.0 Å². The molecule has 1 rings (SSSR count). The lowest BCUT2D eigenvalue weighted by Crippen LogP contribution is -2.31. The number of hydrogen-bond donors (Lipinski definition) is 0. The summed E-state index contributed by atoms with van der Waals surface area (Å²) >= 11 is 0. The fourth-order valence-electron chi connectivity index (χ4n) is 1.35. The zero-order chi connectivity index (χ0) is 13.1. The van der Waals surface area contributed by atoms with Crippen molar-refractivity contribution in [2.45, 2.75) is 46.5 Å². The summed E-state index contributed by atoms with van der Waals surface area (Å²) in [4.78, 5) is 16.0. The minimum Gasteiger partial charge on any atom is -0.465 e. The molecule has 96 valence electrons. The smallest absolute Gasteiger partial charge is 0.321 e. The number of nitrogens with zero attached hydrogens (tertiary/aromatic N) is 2. The van der Waals surface area contributed by atoms with E-state index in [0.717, 1.165) is 6.42 Å². The number of ether oxygens (including phenoxy) is 1. The summed E-state index contributed by atoms with van der Waals surface area (Å²) < 4.78 is 10.1. The van der Waals surface area contributed by atoms with Crippen molar-refractivity contribution in [2.24, 2.45) is 5.92 Å². The predicted molar refractivity (Wildman–Crippen MR) is 62.5 cm³/mol. The van der Waals surface area contributed by atoms with Gasteiger partial charge in [-0.15, -0.1) is 0 Å². The third-order valence-corrected chi connectivity index (χ3v) is 2.38. The molecular formula is C12H20N2O3. The van der Waals surface area contributed by atoms with Crippen molar-refractivity contribution in [3.63, 3.8) is 0 Å². The molecule has 1 heterocycles. The summed E-state index contributed by atoms with van der Waals surface area (Å²) in [7, 11) is 0. The Labute approximate surface area is 102 Å². The van der Waals surface area contributed by atoms with Gasteiger partial charge in [0, 0.05) is 6.42 Å². The highest BCUT2D eigenvalue weighted by Gasteiger charge is 2.37. The number of carbonyl (C=O) groups is 1. The van der Waals surface area contributed by atoms with Crippen LogP contribution in [0.3, 0.4) is 0 Å². The van der Waals surface area contributed by atoms with E-state index in [4.69, 9.17) is 9.26 Å². The monoisotopic (exact) mass is 240 g/mol. The van der Waals surface area contributed by atoms with Gasteiger partial charge in [-0.2, -0.15) is 4.98 Å². The third kappa shape index (κ3) is 3.28. The fraction of sp³-hybridized carbons (Fsp3) is 0.750. The Morgan fingerprint density at radius 2 is 2.12 bits per heavy atom. The van der Waals surface area contributed by atoms with Gasteiger partial charge in [0.15, 0.2) is 5.82 Å². The highest BCUT2D eigenvalue weighted by molar-refractivity contribution is 5.80. The van der Waals surface area contributed by atoms with Crippen molar-refractivity contribution in [2.75, 3.05) is 6.61 Å². The Balaban J connectivity index is 2.84. The topological polar surface area (TPSA) is 65.2 Å². The zero-order valence-corrected chi connectivity index (χ0v) is 11.1. The second kappa shape index (κ2) is 5.29. The Morgan fingerprint density at radius 3 is 2.65 bits per heavy atom. The third-order valence-electron chi connectivity index (χ3n) is 2.38. The van der Waals surface area contributed by atoms with Crippen molar-refractivity contribution in [3.8, 4) is 0 Å². The number of aromatic nitrogens is 2. The van der Waals surface area contributed by atoms with Crippen molar-refractivity contribution < 1.29 is 14.1 Å². The molecule has 1 aromatic rings. The normalized spacial score (nSPS) is 11.9. The molecule has 0 amide bonds. The van der Waals surface area contributed by atoms with Crippen LogP contribution in [0.15, 0.2) is 4.52 Å². The predicted octanol–water partition coefficient (Wildman–Crippen LogP) is 2.11. The molecular weight excluding hydrogens is 220 g/mol. The van der Waals surface area contributed by atoms with Crippen LogP contribution in [-0.4, -0.2) is 22.7 Å². The first kappa shape index (κ1) is 13.7. The SMILES string of the molecule is CCOC(=O)C(C)(C)c1nc(CC(C)C)no1. The van der Waals surface area contributed by atoms with Gasteiger partial charge in [-0.1, -0.05) is 19.0 Å². The van der Waals surface area contributed by atoms with Gasteiger partial charge in [-0.3, -0.25) is 4.79 Å². The molecule has 0 N–H and O–H groups in total. The summed E-state index contributed by atoms with van der Waals surface area (Å²) in [5.41, 5.74) is -0.891. The van der Waals surface area contributed by atoms with Gasteiger partial charge in [0.25, 0.3) is 0 Å². The summed E-state index contributed by atoms with van der Waals surface area (Å²) in [5, 5.41) is 3.87. The molecule has 0 spiro atoms. The summed E-state index contributed by atoms with van der Waals surface area (Å²) in [6, 6.07) is 0. The van der Waals surface area contributed by atoms with Crippen molar-refractivity contribution in [1.82, 2.24) is 10.1 Å². The first-order chi connectivity index (χ1) is 7.87. The minimum absolute atomic E-state index is 0.312. The van der Waals surface area contributed by atoms with Crippen LogP contribution in [0.5, 0.6) is 0 Å². The van der Waals surface area contributed by atoms with E-state index < -0.39 is 5.41 Å². The first-order valence-corrected chi connectivity index (χ1v) is 5.88. The Morgan fingerprint density at radius 1 is 1.47 bits per heavy atom. The molecule has 0 atom stereocenters. The van der Waals surface area contributed by atoms with Crippen LogP contribution < -0.4 is 0 Å². The van der Waals surface area contributed by atoms with Crippen molar-refractivity contribution in [1.29, 1.82) is 0 Å². The van der Waals surface area contributed by atoms with Gasteiger partial charge in [0.1, 0.15) is 5.41 Å². The minimum atomic E-state index is -0.891. The molecule has 0 radical (unpaired) electrons. The largest absolute Gasteiger partial charge is 0.465 e. The molecule has 5 heteroatoms. The van der Waals surface area contributed by atoms with Gasteiger partial charge in [0.05, 0.1) is 6.61 Å². The van der Waals surface area contributed by atoms with Crippen LogP contribution in [0, 0.1) is 5.92 Å². The standard InChI is InChI=1S/C12H20N2O3/c1-6-16-11(15)12(4,5)10-13-9(14-17-10)7-8(2)3/h8H,6-7H2,1-5H3. The molecule has 5 nitrogen and oxygen atoms in total. The molecule has 0 aliphatic rings. The summed E-state index contributed by atoms with van der Waals surface area (Å²) in [5.74, 6) is 1.05. The molecule has 1 aromatic heterocycles. The van der Waals surface area contributed by atoms with E-state index in [0.29, 0.717) is 24.2 Å². The zero-order valence-electron chi connectivity index (χ0n) is 11.1. The Bertz CT molecular complexity index is 383. The summed E-state index contributed by atoms with van der Waals surface area (Å²) in [6.45, 7) is 9.70. The second-order valence-electron chi connectivity index (χ2n) is 4.96. The number of rotatable bonds is 5. The molecule has 0 aromatic carbocycles. The molecule has 0 unspecified atom stereocenters. The Hall–Kier alpha value is -1.39. The van der Waals surface area contributed by atoms with Crippen LogP contribution in [0.2, 0.25) is 0 Å². The van der Waals surface area contributed by atoms with Gasteiger partial charge in [-0.05, 0) is 26.7 Å². The van der Waals surface area contributed by atoms with E-state index in [1.165, 1.54) is 0 Å². The fourth-order valence-corrected chi connectivity index (χ4v) is 1.35. The van der Waals surface area contributed by atoms with E-state index in [1.54, 1.807) is 20.8 Å². The highest BCUT2D eigenvalue weighted by Crippen LogP contribution is 2.23. The average Bonchev–Trinajstić information content (AvgIpc) is 2.66. The first-order valence-electron chi connectivity index (χ1n) is 5.88. The number of esters is 1.